The second-order valence-electron chi connectivity index (χ2n) is 13.8. The fraction of sp³-hybridized carbons (Fsp3) is 0.208. The van der Waals surface area contributed by atoms with Crippen molar-refractivity contribution >= 4 is 99.2 Å². The van der Waals surface area contributed by atoms with E-state index in [-0.39, 0.29) is 0 Å². The molecule has 0 aliphatic rings. The zero-order valence-corrected chi connectivity index (χ0v) is 33.3. The smallest absolute Gasteiger partial charge is 0.0542 e. The molecular weight excluding hydrogens is 705 g/mol. The largest absolute Gasteiger partial charge is 0.136 e. The van der Waals surface area contributed by atoms with Gasteiger partial charge in [0.2, 0.25) is 0 Å². The van der Waals surface area contributed by atoms with Crippen molar-refractivity contribution in [3.8, 4) is 20.9 Å². The van der Waals surface area contributed by atoms with E-state index in [2.05, 4.69) is 147 Å². The Morgan fingerprint density at radius 1 is 0.423 bits per heavy atom. The van der Waals surface area contributed by atoms with Crippen LogP contribution in [0.5, 0.6) is 0 Å². The van der Waals surface area contributed by atoms with Gasteiger partial charge in [-0.25, -0.2) is 0 Å². The van der Waals surface area contributed by atoms with Crippen LogP contribution in [0.25, 0.3) is 74.8 Å². The zero-order valence-electron chi connectivity index (χ0n) is 30.0. The Kier molecular flexibility index (Phi) is 11.0. The maximum Gasteiger partial charge on any atom is 0.0542 e. The molecule has 260 valence electrons. The van der Waals surface area contributed by atoms with E-state index in [1.165, 1.54) is 134 Å². The molecule has 4 aromatic carbocycles. The van der Waals surface area contributed by atoms with Gasteiger partial charge >= 0.3 is 0 Å². The Morgan fingerprint density at radius 2 is 0.865 bits per heavy atom. The highest BCUT2D eigenvalue weighted by Gasteiger charge is 2.15. The molecule has 8 aromatic rings. The minimum atomic E-state index is 1.18. The normalized spacial score (nSPS) is 12.1. The lowest BCUT2D eigenvalue weighted by Crippen LogP contribution is -1.85. The Balaban J connectivity index is 0.952. The van der Waals surface area contributed by atoms with E-state index in [4.69, 9.17) is 0 Å². The quantitative estimate of drug-likeness (QED) is 0.0972. The highest BCUT2D eigenvalue weighted by molar-refractivity contribution is 7.36. The molecule has 0 radical (unpaired) electrons. The third-order valence-electron chi connectivity index (χ3n) is 9.88. The van der Waals surface area contributed by atoms with E-state index in [0.29, 0.717) is 0 Å². The number of fused-ring (bicyclic) bond motifs is 5. The number of unbranched alkanes of at least 4 members (excludes halogenated alkanes) is 4. The Labute approximate surface area is 324 Å². The van der Waals surface area contributed by atoms with E-state index >= 15 is 0 Å². The van der Waals surface area contributed by atoms with Crippen molar-refractivity contribution in [3.05, 3.63) is 141 Å². The predicted molar refractivity (Wildman–Crippen MR) is 239 cm³/mol. The standard InChI is InChI=1S/C48H44S4/c1-3-5-7-9-33-11-15-35(16-12-33)19-23-39-25-29-43(49-39)37-21-27-41-45(31-37)51-48-42-28-22-38(32-46(42)52-47(41)48)44-30-26-40(50-44)24-20-36-17-13-34(14-18-36)10-8-6-4-2/h11-32H,3-10H2,1-2H3/b23-19+,24-20+. The first-order valence-electron chi connectivity index (χ1n) is 18.8. The molecule has 0 saturated heterocycles. The van der Waals surface area contributed by atoms with Crippen LogP contribution in [0.3, 0.4) is 0 Å². The molecule has 0 saturated carbocycles. The minimum Gasteiger partial charge on any atom is -0.136 e. The monoisotopic (exact) mass is 748 g/mol. The number of aryl methyl sites for hydroxylation is 2. The van der Waals surface area contributed by atoms with Gasteiger partial charge in [0, 0.05) is 39.7 Å². The summed E-state index contributed by atoms with van der Waals surface area (Å²) in [5, 5.41) is 2.75. The molecule has 0 atom stereocenters. The molecule has 0 fully saturated rings. The van der Waals surface area contributed by atoms with Crippen molar-refractivity contribution in [2.75, 3.05) is 0 Å². The minimum absolute atomic E-state index is 1.18. The SMILES string of the molecule is CCCCCc1ccc(/C=C/c2ccc(-c3ccc4c(c3)sc3c5ccc(-c6ccc(/C=C/c7ccc(CCCCC)cc7)s6)cc5sc43)s2)cc1. The van der Waals surface area contributed by atoms with Crippen LogP contribution in [0, 0.1) is 0 Å². The van der Waals surface area contributed by atoms with Gasteiger partial charge in [0.05, 0.1) is 9.40 Å². The summed E-state index contributed by atoms with van der Waals surface area (Å²) >= 11 is 7.61. The van der Waals surface area contributed by atoms with Gasteiger partial charge < -0.3 is 0 Å². The molecule has 0 bridgehead atoms. The van der Waals surface area contributed by atoms with Crippen molar-refractivity contribution in [1.29, 1.82) is 0 Å². The van der Waals surface area contributed by atoms with Gasteiger partial charge in [0.1, 0.15) is 0 Å². The van der Waals surface area contributed by atoms with Gasteiger partial charge in [-0.1, -0.05) is 124 Å². The molecule has 0 nitrogen and oxygen atoms in total. The van der Waals surface area contributed by atoms with Gasteiger partial charge in [0.25, 0.3) is 0 Å². The fourth-order valence-electron chi connectivity index (χ4n) is 6.86. The van der Waals surface area contributed by atoms with E-state index < -0.39 is 0 Å². The molecular formula is C48H44S4. The third-order valence-corrected chi connectivity index (χ3v) is 14.6. The van der Waals surface area contributed by atoms with Crippen LogP contribution in [-0.4, -0.2) is 0 Å². The summed E-state index contributed by atoms with van der Waals surface area (Å²) < 4.78 is 5.57. The summed E-state index contributed by atoms with van der Waals surface area (Å²) in [4.78, 5) is 5.21. The summed E-state index contributed by atoms with van der Waals surface area (Å²) in [6.07, 6.45) is 19.1. The van der Waals surface area contributed by atoms with Gasteiger partial charge in [-0.3, -0.25) is 0 Å². The second-order valence-corrected chi connectivity index (χ2v) is 18.1. The van der Waals surface area contributed by atoms with Crippen LogP contribution in [0.4, 0.5) is 0 Å². The molecule has 52 heavy (non-hydrogen) atoms. The molecule has 0 aliphatic carbocycles. The van der Waals surface area contributed by atoms with E-state index in [0.717, 1.165) is 0 Å². The first-order valence-corrected chi connectivity index (χ1v) is 22.0. The molecule has 0 amide bonds. The molecule has 0 N–H and O–H groups in total. The zero-order chi connectivity index (χ0) is 35.3. The molecule has 0 spiro atoms. The lowest BCUT2D eigenvalue weighted by molar-refractivity contribution is 0.717. The number of thiophene rings is 4. The van der Waals surface area contributed by atoms with Crippen molar-refractivity contribution in [2.45, 2.75) is 65.2 Å². The topological polar surface area (TPSA) is 0 Å². The van der Waals surface area contributed by atoms with Crippen LogP contribution < -0.4 is 0 Å². The summed E-state index contributed by atoms with van der Waals surface area (Å²) in [6.45, 7) is 4.53. The van der Waals surface area contributed by atoms with Gasteiger partial charge in [-0.15, -0.1) is 45.3 Å². The Morgan fingerprint density at radius 3 is 1.29 bits per heavy atom. The number of hydrogen-bond acceptors (Lipinski definition) is 4. The van der Waals surface area contributed by atoms with Crippen molar-refractivity contribution in [2.24, 2.45) is 0 Å². The van der Waals surface area contributed by atoms with Crippen LogP contribution in [0.2, 0.25) is 0 Å². The molecule has 0 aliphatic heterocycles. The van der Waals surface area contributed by atoms with Crippen LogP contribution >= 0.6 is 45.3 Å². The van der Waals surface area contributed by atoms with Gasteiger partial charge in [0.15, 0.2) is 0 Å². The number of benzene rings is 4. The molecule has 4 heterocycles. The van der Waals surface area contributed by atoms with Crippen molar-refractivity contribution in [3.63, 3.8) is 0 Å². The average Bonchev–Trinajstić information content (AvgIpc) is 3.98. The van der Waals surface area contributed by atoms with Gasteiger partial charge in [-0.2, -0.15) is 0 Å². The highest BCUT2D eigenvalue weighted by atomic mass is 32.1. The summed E-state index contributed by atoms with van der Waals surface area (Å²) in [5.41, 5.74) is 8.01. The first-order chi connectivity index (χ1) is 25.6. The summed E-state index contributed by atoms with van der Waals surface area (Å²) in [5.74, 6) is 0. The number of rotatable bonds is 14. The average molecular weight is 749 g/mol. The van der Waals surface area contributed by atoms with Crippen LogP contribution in [-0.2, 0) is 12.8 Å². The van der Waals surface area contributed by atoms with E-state index in [1.807, 2.05) is 45.3 Å². The predicted octanol–water partition coefficient (Wildman–Crippen LogP) is 16.5. The summed E-state index contributed by atoms with van der Waals surface area (Å²) in [6, 6.07) is 41.3. The first kappa shape index (κ1) is 35.0. The van der Waals surface area contributed by atoms with Gasteiger partial charge in [-0.05, 0) is 108 Å². The highest BCUT2D eigenvalue weighted by Crippen LogP contribution is 2.46. The van der Waals surface area contributed by atoms with Crippen molar-refractivity contribution in [1.82, 2.24) is 0 Å². The summed E-state index contributed by atoms with van der Waals surface area (Å²) in [7, 11) is 0. The van der Waals surface area contributed by atoms with Crippen LogP contribution in [0.15, 0.2) is 109 Å². The molecule has 4 heteroatoms. The Bertz CT molecular complexity index is 2300. The molecule has 4 aromatic heterocycles. The van der Waals surface area contributed by atoms with E-state index in [9.17, 15) is 0 Å². The molecule has 0 unspecified atom stereocenters. The van der Waals surface area contributed by atoms with Crippen LogP contribution in [0.1, 0.15) is 84.4 Å². The fourth-order valence-corrected chi connectivity index (χ4v) is 11.4. The van der Waals surface area contributed by atoms with E-state index in [1.54, 1.807) is 0 Å². The maximum absolute atomic E-state index is 2.40. The lowest BCUT2D eigenvalue weighted by atomic mass is 10.1. The number of hydrogen-bond donors (Lipinski definition) is 0. The lowest BCUT2D eigenvalue weighted by Gasteiger charge is -2.01. The Hall–Kier alpha value is -4.06. The molecule has 8 rings (SSSR count). The maximum atomic E-state index is 2.40. The second kappa shape index (κ2) is 16.3. The van der Waals surface area contributed by atoms with Crippen molar-refractivity contribution < 1.29 is 0 Å². The third kappa shape index (κ3) is 7.96.